The number of furan rings is 1. The Balaban J connectivity index is 2.26. The van der Waals surface area contributed by atoms with Gasteiger partial charge in [0, 0.05) is 12.4 Å². The van der Waals surface area contributed by atoms with E-state index in [9.17, 15) is 8.42 Å². The number of nitrogens with one attached hydrogen (secondary N) is 1. The summed E-state index contributed by atoms with van der Waals surface area (Å²) in [5, 5.41) is 0.129. The number of pyridine rings is 1. The highest BCUT2D eigenvalue weighted by Crippen LogP contribution is 2.22. The Kier molecular flexibility index (Phi) is 3.70. The normalized spacial score (nSPS) is 13.4. The second kappa shape index (κ2) is 5.09. The number of nitrogens with zero attached hydrogens (tertiary/aromatic N) is 1. The fourth-order valence-corrected chi connectivity index (χ4v) is 3.10. The molecule has 0 saturated carbocycles. The van der Waals surface area contributed by atoms with Gasteiger partial charge in [-0.1, -0.05) is 11.6 Å². The van der Waals surface area contributed by atoms with E-state index in [0.29, 0.717) is 5.76 Å². The number of sulfonamides is 1. The van der Waals surface area contributed by atoms with Crippen LogP contribution in [0, 0.1) is 0 Å². The van der Waals surface area contributed by atoms with E-state index in [1.54, 1.807) is 19.1 Å². The van der Waals surface area contributed by atoms with Crippen LogP contribution in [0.2, 0.25) is 5.02 Å². The first kappa shape index (κ1) is 13.1. The lowest BCUT2D eigenvalue weighted by Gasteiger charge is -2.12. The van der Waals surface area contributed by atoms with Crippen LogP contribution in [-0.2, 0) is 10.0 Å². The van der Waals surface area contributed by atoms with Crippen LogP contribution < -0.4 is 4.72 Å². The predicted molar refractivity (Wildman–Crippen MR) is 66.7 cm³/mol. The maximum atomic E-state index is 12.1. The van der Waals surface area contributed by atoms with Gasteiger partial charge in [0.2, 0.25) is 10.0 Å². The van der Waals surface area contributed by atoms with E-state index < -0.39 is 16.1 Å². The van der Waals surface area contributed by atoms with Gasteiger partial charge >= 0.3 is 0 Å². The van der Waals surface area contributed by atoms with Gasteiger partial charge in [-0.25, -0.2) is 13.1 Å². The largest absolute Gasteiger partial charge is 0.468 e. The van der Waals surface area contributed by atoms with Crippen molar-refractivity contribution < 1.29 is 12.8 Å². The number of halogens is 1. The fraction of sp³-hybridized carbons (Fsp3) is 0.182. The highest BCUT2D eigenvalue weighted by atomic mass is 35.5. The SMILES string of the molecule is CC(NS(=O)(=O)c1cnccc1Cl)c1ccco1. The van der Waals surface area contributed by atoms with Crippen molar-refractivity contribution in [1.82, 2.24) is 9.71 Å². The molecule has 1 N–H and O–H groups in total. The summed E-state index contributed by atoms with van der Waals surface area (Å²) in [6, 6.07) is 4.32. The smallest absolute Gasteiger partial charge is 0.244 e. The van der Waals surface area contributed by atoms with E-state index in [2.05, 4.69) is 9.71 Å². The summed E-state index contributed by atoms with van der Waals surface area (Å²) in [6.45, 7) is 1.68. The van der Waals surface area contributed by atoms with Gasteiger partial charge in [0.15, 0.2) is 0 Å². The maximum absolute atomic E-state index is 12.1. The van der Waals surface area contributed by atoms with Gasteiger partial charge in [0.05, 0.1) is 17.3 Å². The highest BCUT2D eigenvalue weighted by molar-refractivity contribution is 7.89. The third-order valence-electron chi connectivity index (χ3n) is 2.33. The summed E-state index contributed by atoms with van der Waals surface area (Å²) in [5.74, 6) is 0.526. The van der Waals surface area contributed by atoms with Crippen molar-refractivity contribution in [3.8, 4) is 0 Å². The molecule has 0 spiro atoms. The van der Waals surface area contributed by atoms with E-state index in [-0.39, 0.29) is 9.92 Å². The molecule has 0 aliphatic rings. The number of rotatable bonds is 4. The molecule has 2 aromatic rings. The zero-order valence-electron chi connectivity index (χ0n) is 9.50. The van der Waals surface area contributed by atoms with Crippen molar-refractivity contribution in [3.05, 3.63) is 47.6 Å². The zero-order valence-corrected chi connectivity index (χ0v) is 11.1. The standard InChI is InChI=1S/C11H11ClN2O3S/c1-8(10-3-2-6-17-10)14-18(15,16)11-7-13-5-4-9(11)12/h2-8,14H,1H3. The molecule has 0 aliphatic carbocycles. The van der Waals surface area contributed by atoms with Gasteiger partial charge in [-0.3, -0.25) is 4.98 Å². The van der Waals surface area contributed by atoms with Crippen LogP contribution in [0.3, 0.4) is 0 Å². The van der Waals surface area contributed by atoms with Crippen LogP contribution in [0.5, 0.6) is 0 Å². The molecule has 1 unspecified atom stereocenters. The lowest BCUT2D eigenvalue weighted by Crippen LogP contribution is -2.27. The third kappa shape index (κ3) is 2.72. The molecule has 0 bridgehead atoms. The molecule has 0 aliphatic heterocycles. The maximum Gasteiger partial charge on any atom is 0.244 e. The minimum atomic E-state index is -3.72. The van der Waals surface area contributed by atoms with Crippen LogP contribution in [-0.4, -0.2) is 13.4 Å². The highest BCUT2D eigenvalue weighted by Gasteiger charge is 2.22. The summed E-state index contributed by atoms with van der Waals surface area (Å²) in [6.07, 6.45) is 4.12. The molecule has 5 nitrogen and oxygen atoms in total. The van der Waals surface area contributed by atoms with E-state index >= 15 is 0 Å². The molecule has 18 heavy (non-hydrogen) atoms. The molecule has 0 radical (unpaired) electrons. The molecule has 96 valence electrons. The topological polar surface area (TPSA) is 72.2 Å². The van der Waals surface area contributed by atoms with Gasteiger partial charge in [-0.15, -0.1) is 0 Å². The Hall–Kier alpha value is -1.37. The molecule has 2 rings (SSSR count). The summed E-state index contributed by atoms with van der Waals surface area (Å²) in [4.78, 5) is 3.70. The minimum absolute atomic E-state index is 0.0509. The molecule has 0 saturated heterocycles. The Morgan fingerprint density at radius 2 is 2.22 bits per heavy atom. The molecule has 7 heteroatoms. The second-order valence-corrected chi connectivity index (χ2v) is 5.75. The van der Waals surface area contributed by atoms with Crippen LogP contribution in [0.15, 0.2) is 46.2 Å². The number of aromatic nitrogens is 1. The number of hydrogen-bond acceptors (Lipinski definition) is 4. The summed E-state index contributed by atoms with van der Waals surface area (Å²) in [7, 11) is -3.72. The van der Waals surface area contributed by atoms with Gasteiger partial charge < -0.3 is 4.42 Å². The third-order valence-corrected chi connectivity index (χ3v) is 4.34. The van der Waals surface area contributed by atoms with Gasteiger partial charge in [-0.2, -0.15) is 0 Å². The van der Waals surface area contributed by atoms with Crippen molar-refractivity contribution >= 4 is 21.6 Å². The van der Waals surface area contributed by atoms with Crippen molar-refractivity contribution in [2.45, 2.75) is 17.9 Å². The first-order chi connectivity index (χ1) is 8.50. The Labute approximate surface area is 110 Å². The molecule has 2 heterocycles. The summed E-state index contributed by atoms with van der Waals surface area (Å²) in [5.41, 5.74) is 0. The van der Waals surface area contributed by atoms with E-state index in [0.717, 1.165) is 0 Å². The first-order valence-electron chi connectivity index (χ1n) is 5.16. The van der Waals surface area contributed by atoms with Gasteiger partial charge in [0.25, 0.3) is 0 Å². The lowest BCUT2D eigenvalue weighted by molar-refractivity contribution is 0.459. The van der Waals surface area contributed by atoms with Crippen LogP contribution in [0.1, 0.15) is 18.7 Å². The quantitative estimate of drug-likeness (QED) is 0.936. The van der Waals surface area contributed by atoms with Crippen LogP contribution >= 0.6 is 11.6 Å². The molecular weight excluding hydrogens is 276 g/mol. The summed E-state index contributed by atoms with van der Waals surface area (Å²) >= 11 is 5.83. The van der Waals surface area contributed by atoms with Gasteiger partial charge in [-0.05, 0) is 25.1 Å². The molecule has 0 aromatic carbocycles. The molecule has 2 aromatic heterocycles. The molecule has 0 amide bonds. The van der Waals surface area contributed by atoms with E-state index in [1.807, 2.05) is 0 Å². The van der Waals surface area contributed by atoms with Crippen molar-refractivity contribution in [1.29, 1.82) is 0 Å². The predicted octanol–water partition coefficient (Wildman–Crippen LogP) is 2.37. The van der Waals surface area contributed by atoms with Crippen molar-refractivity contribution in [2.24, 2.45) is 0 Å². The van der Waals surface area contributed by atoms with Crippen molar-refractivity contribution in [2.75, 3.05) is 0 Å². The van der Waals surface area contributed by atoms with Crippen LogP contribution in [0.4, 0.5) is 0 Å². The van der Waals surface area contributed by atoms with Gasteiger partial charge in [0.1, 0.15) is 10.7 Å². The Morgan fingerprint density at radius 3 is 2.83 bits per heavy atom. The Morgan fingerprint density at radius 1 is 1.44 bits per heavy atom. The number of hydrogen-bond donors (Lipinski definition) is 1. The van der Waals surface area contributed by atoms with Crippen LogP contribution in [0.25, 0.3) is 0 Å². The van der Waals surface area contributed by atoms with E-state index in [1.165, 1.54) is 24.7 Å². The van der Waals surface area contributed by atoms with E-state index in [4.69, 9.17) is 16.0 Å². The molecule has 1 atom stereocenters. The molecule has 0 fully saturated rings. The second-order valence-electron chi connectivity index (χ2n) is 3.66. The average Bonchev–Trinajstić information content (AvgIpc) is 2.82. The fourth-order valence-electron chi connectivity index (χ4n) is 1.45. The van der Waals surface area contributed by atoms with Crippen molar-refractivity contribution in [3.63, 3.8) is 0 Å². The minimum Gasteiger partial charge on any atom is -0.468 e. The molecular formula is C11H11ClN2O3S. The zero-order chi connectivity index (χ0) is 13.2. The monoisotopic (exact) mass is 286 g/mol. The summed E-state index contributed by atoms with van der Waals surface area (Å²) < 4.78 is 31.8. The average molecular weight is 287 g/mol. The first-order valence-corrected chi connectivity index (χ1v) is 7.02. The lowest BCUT2D eigenvalue weighted by atomic mass is 10.3. The Bertz CT molecular complexity index is 625.